The van der Waals surface area contributed by atoms with Gasteiger partial charge in [-0.15, -0.1) is 0 Å². The van der Waals surface area contributed by atoms with E-state index < -0.39 is 7.82 Å². The lowest BCUT2D eigenvalue weighted by Crippen LogP contribution is -1.78. The molecule has 2 aromatic carbocycles. The molecule has 0 spiro atoms. The van der Waals surface area contributed by atoms with Crippen molar-refractivity contribution in [1.82, 2.24) is 0 Å². The zero-order valence-corrected chi connectivity index (χ0v) is 13.0. The molecule has 0 bridgehead atoms. The third-order valence-corrected chi connectivity index (χ3v) is 2.41. The summed E-state index contributed by atoms with van der Waals surface area (Å²) in [4.78, 5) is 21.6. The Labute approximate surface area is 128 Å². The third kappa shape index (κ3) is 10.7. The molecule has 0 radical (unpaired) electrons. The van der Waals surface area contributed by atoms with Crippen LogP contribution in [-0.2, 0) is 4.57 Å². The first-order valence-electron chi connectivity index (χ1n) is 6.02. The van der Waals surface area contributed by atoms with Crippen molar-refractivity contribution in [2.45, 2.75) is 13.8 Å². The van der Waals surface area contributed by atoms with Crippen LogP contribution in [0, 0.1) is 13.8 Å². The lowest BCUT2D eigenvalue weighted by molar-refractivity contribution is 0.275. The lowest BCUT2D eigenvalue weighted by Gasteiger charge is -1.99. The van der Waals surface area contributed by atoms with E-state index in [0.29, 0.717) is 5.75 Å². The second-order valence-corrected chi connectivity index (χ2v) is 5.28. The maximum Gasteiger partial charge on any atom is 0.466 e. The van der Waals surface area contributed by atoms with Gasteiger partial charge in [0, 0.05) is 6.07 Å². The van der Waals surface area contributed by atoms with Gasteiger partial charge >= 0.3 is 7.82 Å². The zero-order chi connectivity index (χ0) is 17.3. The van der Waals surface area contributed by atoms with Crippen LogP contribution in [0.2, 0.25) is 0 Å². The van der Waals surface area contributed by atoms with Crippen LogP contribution in [0.25, 0.3) is 0 Å². The highest BCUT2D eigenvalue weighted by atomic mass is 31.2. The van der Waals surface area contributed by atoms with Crippen LogP contribution in [-0.4, -0.2) is 30.0 Å². The van der Waals surface area contributed by atoms with Gasteiger partial charge in [0.15, 0.2) is 0 Å². The van der Waals surface area contributed by atoms with Crippen LogP contribution < -0.4 is 0 Å². The van der Waals surface area contributed by atoms with E-state index in [1.54, 1.807) is 12.1 Å². The predicted octanol–water partition coefficient (Wildman–Crippen LogP) is 2.18. The molecule has 0 amide bonds. The molecule has 0 aromatic heterocycles. The molecule has 0 saturated carbocycles. The van der Waals surface area contributed by atoms with Crippen molar-refractivity contribution in [1.29, 1.82) is 0 Å². The molecule has 0 atom stereocenters. The van der Waals surface area contributed by atoms with Crippen LogP contribution in [0.1, 0.15) is 11.1 Å². The molecule has 0 aliphatic heterocycles. The summed E-state index contributed by atoms with van der Waals surface area (Å²) in [6.45, 7) is 3.89. The summed E-state index contributed by atoms with van der Waals surface area (Å²) in [5.41, 5.74) is 2.10. The molecule has 0 aliphatic carbocycles. The monoisotopic (exact) mass is 330 g/mol. The fraction of sp³-hybridized carbons (Fsp3) is 0.143. The number of phenolic OH excluding ortho intramolecular Hbond substituents is 3. The first-order valence-corrected chi connectivity index (χ1v) is 7.58. The fourth-order valence-corrected chi connectivity index (χ4v) is 1.23. The summed E-state index contributed by atoms with van der Waals surface area (Å²) in [6, 6.07) is 11.4. The number of hydrogen-bond acceptors (Lipinski definition) is 4. The molecule has 6 N–H and O–H groups in total. The van der Waals surface area contributed by atoms with Crippen molar-refractivity contribution in [3.05, 3.63) is 53.6 Å². The maximum atomic E-state index is 9.10. The SMILES string of the molecule is Cc1cccc(O)c1C.O=P(O)(O)O.Oc1cccc(O)c1. The summed E-state index contributed by atoms with van der Waals surface area (Å²) in [6.07, 6.45) is 0. The molecule has 0 fully saturated rings. The van der Waals surface area contributed by atoms with Gasteiger partial charge < -0.3 is 30.0 Å². The van der Waals surface area contributed by atoms with Gasteiger partial charge in [0.05, 0.1) is 0 Å². The largest absolute Gasteiger partial charge is 0.508 e. The van der Waals surface area contributed by atoms with Gasteiger partial charge in [-0.3, -0.25) is 0 Å². The van der Waals surface area contributed by atoms with Crippen LogP contribution in [0.15, 0.2) is 42.5 Å². The topological polar surface area (TPSA) is 138 Å². The Morgan fingerprint density at radius 2 is 1.23 bits per heavy atom. The third-order valence-electron chi connectivity index (χ3n) is 2.41. The average molecular weight is 330 g/mol. The standard InChI is InChI=1S/C8H10O.C6H6O2.H3O4P/c1-6-4-3-5-8(9)7(6)2;7-5-2-1-3-6(8)4-5;1-5(2,3)4/h3-5,9H,1-2H3;1-4,7-8H;(H3,1,2,3,4). The summed E-state index contributed by atoms with van der Waals surface area (Å²) >= 11 is 0. The minimum absolute atomic E-state index is 0.0880. The summed E-state index contributed by atoms with van der Waals surface area (Å²) < 4.78 is 8.88. The fourth-order valence-electron chi connectivity index (χ4n) is 1.23. The van der Waals surface area contributed by atoms with Crippen LogP contribution in [0.5, 0.6) is 17.2 Å². The first kappa shape index (κ1) is 19.9. The van der Waals surface area contributed by atoms with E-state index in [2.05, 4.69) is 0 Å². The first-order chi connectivity index (χ1) is 10.0. The van der Waals surface area contributed by atoms with Gasteiger partial charge in [-0.1, -0.05) is 18.2 Å². The van der Waals surface area contributed by atoms with E-state index in [0.717, 1.165) is 11.1 Å². The average Bonchev–Trinajstić information content (AvgIpc) is 2.34. The Balaban J connectivity index is 0.000000315. The zero-order valence-electron chi connectivity index (χ0n) is 12.1. The number of phosphoric acid groups is 1. The van der Waals surface area contributed by atoms with Crippen molar-refractivity contribution >= 4 is 7.82 Å². The van der Waals surface area contributed by atoms with E-state index in [1.807, 2.05) is 26.0 Å². The molecule has 122 valence electrons. The second-order valence-electron chi connectivity index (χ2n) is 4.25. The van der Waals surface area contributed by atoms with E-state index in [9.17, 15) is 0 Å². The molecule has 0 saturated heterocycles. The number of phenols is 3. The summed E-state index contributed by atoms with van der Waals surface area (Å²) in [5, 5.41) is 26.4. The van der Waals surface area contributed by atoms with Crippen molar-refractivity contribution < 1.29 is 34.6 Å². The highest BCUT2D eigenvalue weighted by molar-refractivity contribution is 7.45. The molecular formula is C14H19O7P. The molecule has 7 nitrogen and oxygen atoms in total. The summed E-state index contributed by atoms with van der Waals surface area (Å²) in [5.74, 6) is 0.560. The van der Waals surface area contributed by atoms with Crippen molar-refractivity contribution in [2.24, 2.45) is 0 Å². The predicted molar refractivity (Wildman–Crippen MR) is 81.6 cm³/mol. The van der Waals surface area contributed by atoms with Gasteiger partial charge in [-0.2, -0.15) is 0 Å². The van der Waals surface area contributed by atoms with Gasteiger partial charge in [-0.25, -0.2) is 4.57 Å². The molecular weight excluding hydrogens is 311 g/mol. The number of rotatable bonds is 0. The molecule has 0 aliphatic rings. The normalized spacial score (nSPS) is 9.86. The number of benzene rings is 2. The Morgan fingerprint density at radius 1 is 0.818 bits per heavy atom. The van der Waals surface area contributed by atoms with Gasteiger partial charge in [0.2, 0.25) is 0 Å². The smallest absolute Gasteiger partial charge is 0.466 e. The Kier molecular flexibility index (Phi) is 8.22. The molecule has 2 rings (SSSR count). The molecule has 2 aromatic rings. The van der Waals surface area contributed by atoms with E-state index in [-0.39, 0.29) is 11.5 Å². The molecule has 22 heavy (non-hydrogen) atoms. The highest BCUT2D eigenvalue weighted by Crippen LogP contribution is 2.25. The van der Waals surface area contributed by atoms with Gasteiger partial charge in [0.25, 0.3) is 0 Å². The number of hydrogen-bond donors (Lipinski definition) is 6. The van der Waals surface area contributed by atoms with E-state index in [1.165, 1.54) is 18.2 Å². The van der Waals surface area contributed by atoms with Crippen molar-refractivity contribution in [3.63, 3.8) is 0 Å². The quantitative estimate of drug-likeness (QED) is 0.407. The Bertz CT molecular complexity index is 591. The minimum atomic E-state index is -4.64. The van der Waals surface area contributed by atoms with Crippen LogP contribution >= 0.6 is 7.82 Å². The molecule has 0 heterocycles. The molecule has 8 heteroatoms. The number of aromatic hydroxyl groups is 3. The maximum absolute atomic E-state index is 9.10. The molecule has 0 unspecified atom stereocenters. The minimum Gasteiger partial charge on any atom is -0.508 e. The van der Waals surface area contributed by atoms with Crippen molar-refractivity contribution in [3.8, 4) is 17.2 Å². The van der Waals surface area contributed by atoms with E-state index in [4.69, 9.17) is 34.6 Å². The van der Waals surface area contributed by atoms with Crippen LogP contribution in [0.3, 0.4) is 0 Å². The van der Waals surface area contributed by atoms with Crippen LogP contribution in [0.4, 0.5) is 0 Å². The Morgan fingerprint density at radius 3 is 1.50 bits per heavy atom. The summed E-state index contributed by atoms with van der Waals surface area (Å²) in [7, 11) is -4.64. The number of aryl methyl sites for hydroxylation is 1. The van der Waals surface area contributed by atoms with Crippen molar-refractivity contribution in [2.75, 3.05) is 0 Å². The lowest BCUT2D eigenvalue weighted by atomic mass is 10.1. The van der Waals surface area contributed by atoms with Gasteiger partial charge in [-0.05, 0) is 43.2 Å². The van der Waals surface area contributed by atoms with E-state index >= 15 is 0 Å². The van der Waals surface area contributed by atoms with Gasteiger partial charge in [0.1, 0.15) is 17.2 Å². The Hall–Kier alpha value is -2.05. The highest BCUT2D eigenvalue weighted by Gasteiger charge is 2.00. The second kappa shape index (κ2) is 9.07.